The van der Waals surface area contributed by atoms with E-state index in [1.165, 1.54) is 5.56 Å². The molecule has 0 spiro atoms. The highest BCUT2D eigenvalue weighted by Gasteiger charge is 2.15. The summed E-state index contributed by atoms with van der Waals surface area (Å²) in [5.41, 5.74) is 5.03. The SMILES string of the molecule is COc1ccc(Cl)cc1C(CCc1ccncc1)NN. The molecular weight excluding hydrogens is 274 g/mol. The summed E-state index contributed by atoms with van der Waals surface area (Å²) in [5.74, 6) is 6.47. The molecule has 5 heteroatoms. The molecule has 0 radical (unpaired) electrons. The van der Waals surface area contributed by atoms with Gasteiger partial charge in [-0.3, -0.25) is 16.3 Å². The van der Waals surface area contributed by atoms with Crippen molar-refractivity contribution in [3.8, 4) is 5.75 Å². The van der Waals surface area contributed by atoms with E-state index in [0.29, 0.717) is 5.02 Å². The third kappa shape index (κ3) is 3.70. The number of aryl methyl sites for hydroxylation is 1. The summed E-state index contributed by atoms with van der Waals surface area (Å²) in [4.78, 5) is 4.01. The molecule has 0 aliphatic rings. The lowest BCUT2D eigenvalue weighted by Crippen LogP contribution is -2.28. The molecule has 0 aliphatic carbocycles. The van der Waals surface area contributed by atoms with Gasteiger partial charge >= 0.3 is 0 Å². The smallest absolute Gasteiger partial charge is 0.123 e. The van der Waals surface area contributed by atoms with Gasteiger partial charge < -0.3 is 4.74 Å². The van der Waals surface area contributed by atoms with Crippen LogP contribution in [0.3, 0.4) is 0 Å². The lowest BCUT2D eigenvalue weighted by atomic mass is 9.99. The monoisotopic (exact) mass is 291 g/mol. The van der Waals surface area contributed by atoms with Gasteiger partial charge in [-0.25, -0.2) is 0 Å². The van der Waals surface area contributed by atoms with Crippen molar-refractivity contribution in [1.82, 2.24) is 10.4 Å². The number of hydrogen-bond acceptors (Lipinski definition) is 4. The summed E-state index contributed by atoms with van der Waals surface area (Å²) >= 11 is 6.06. The van der Waals surface area contributed by atoms with Crippen molar-refractivity contribution in [2.45, 2.75) is 18.9 Å². The molecule has 4 nitrogen and oxygen atoms in total. The molecule has 1 aromatic carbocycles. The summed E-state index contributed by atoms with van der Waals surface area (Å²) in [6.45, 7) is 0. The molecule has 1 atom stereocenters. The van der Waals surface area contributed by atoms with Crippen LogP contribution in [-0.2, 0) is 6.42 Å². The second-order valence-electron chi connectivity index (χ2n) is 4.50. The number of hydrazine groups is 1. The van der Waals surface area contributed by atoms with Crippen LogP contribution >= 0.6 is 11.6 Å². The van der Waals surface area contributed by atoms with Gasteiger partial charge in [0.1, 0.15) is 5.75 Å². The first-order valence-electron chi connectivity index (χ1n) is 6.43. The van der Waals surface area contributed by atoms with E-state index in [4.69, 9.17) is 22.2 Å². The van der Waals surface area contributed by atoms with Gasteiger partial charge in [-0.1, -0.05) is 11.6 Å². The van der Waals surface area contributed by atoms with Gasteiger partial charge in [-0.2, -0.15) is 0 Å². The molecule has 0 amide bonds. The van der Waals surface area contributed by atoms with Crippen molar-refractivity contribution in [3.05, 3.63) is 58.9 Å². The van der Waals surface area contributed by atoms with E-state index in [-0.39, 0.29) is 6.04 Å². The number of hydrogen-bond donors (Lipinski definition) is 2. The van der Waals surface area contributed by atoms with Crippen molar-refractivity contribution in [3.63, 3.8) is 0 Å². The van der Waals surface area contributed by atoms with Crippen LogP contribution in [0.4, 0.5) is 0 Å². The number of nitrogens with one attached hydrogen (secondary N) is 1. The van der Waals surface area contributed by atoms with Crippen LogP contribution in [0.15, 0.2) is 42.7 Å². The third-order valence-corrected chi connectivity index (χ3v) is 3.47. The molecule has 106 valence electrons. The second-order valence-corrected chi connectivity index (χ2v) is 4.94. The molecule has 1 aromatic heterocycles. The Morgan fingerprint density at radius 1 is 1.30 bits per heavy atom. The van der Waals surface area contributed by atoms with E-state index in [1.807, 2.05) is 24.3 Å². The molecule has 1 unspecified atom stereocenters. The highest BCUT2D eigenvalue weighted by Crippen LogP contribution is 2.30. The molecule has 0 saturated heterocycles. The number of halogens is 1. The first kappa shape index (κ1) is 14.8. The van der Waals surface area contributed by atoms with Gasteiger partial charge in [0.05, 0.1) is 7.11 Å². The second kappa shape index (κ2) is 7.24. The Morgan fingerprint density at radius 3 is 2.70 bits per heavy atom. The van der Waals surface area contributed by atoms with Crippen molar-refractivity contribution in [2.75, 3.05) is 7.11 Å². The lowest BCUT2D eigenvalue weighted by molar-refractivity contribution is 0.396. The Bertz CT molecular complexity index is 548. The average molecular weight is 292 g/mol. The average Bonchev–Trinajstić information content (AvgIpc) is 2.49. The van der Waals surface area contributed by atoms with E-state index in [0.717, 1.165) is 24.2 Å². The Kier molecular flexibility index (Phi) is 5.35. The summed E-state index contributed by atoms with van der Waals surface area (Å²) in [6.07, 6.45) is 5.32. The molecule has 3 N–H and O–H groups in total. The predicted molar refractivity (Wildman–Crippen MR) is 80.6 cm³/mol. The number of pyridine rings is 1. The first-order chi connectivity index (χ1) is 9.74. The molecule has 1 heterocycles. The van der Waals surface area contributed by atoms with Crippen LogP contribution in [-0.4, -0.2) is 12.1 Å². The van der Waals surface area contributed by atoms with E-state index >= 15 is 0 Å². The standard InChI is InChI=1S/C15H18ClN3O/c1-20-15-5-3-12(16)10-13(15)14(19-17)4-2-11-6-8-18-9-7-11/h3,5-10,14,19H,2,4,17H2,1H3. The first-order valence-corrected chi connectivity index (χ1v) is 6.81. The van der Waals surface area contributed by atoms with Gasteiger partial charge in [0.2, 0.25) is 0 Å². The van der Waals surface area contributed by atoms with Gasteiger partial charge in [-0.15, -0.1) is 0 Å². The normalized spacial score (nSPS) is 12.2. The highest BCUT2D eigenvalue weighted by atomic mass is 35.5. The van der Waals surface area contributed by atoms with Crippen LogP contribution in [0, 0.1) is 0 Å². The predicted octanol–water partition coefficient (Wildman–Crippen LogP) is 2.88. The maximum atomic E-state index is 6.06. The summed E-state index contributed by atoms with van der Waals surface area (Å²) in [7, 11) is 1.64. The molecule has 2 rings (SSSR count). The van der Waals surface area contributed by atoms with Crippen LogP contribution in [0.25, 0.3) is 0 Å². The van der Waals surface area contributed by atoms with Gasteiger partial charge in [0.15, 0.2) is 0 Å². The topological polar surface area (TPSA) is 60.2 Å². The quantitative estimate of drug-likeness (QED) is 0.635. The van der Waals surface area contributed by atoms with Crippen molar-refractivity contribution >= 4 is 11.6 Å². The number of ether oxygens (including phenoxy) is 1. The molecule has 0 fully saturated rings. The van der Waals surface area contributed by atoms with E-state index in [9.17, 15) is 0 Å². The fourth-order valence-corrected chi connectivity index (χ4v) is 2.35. The fraction of sp³-hybridized carbons (Fsp3) is 0.267. The zero-order valence-electron chi connectivity index (χ0n) is 11.3. The summed E-state index contributed by atoms with van der Waals surface area (Å²) in [5, 5.41) is 0.671. The molecule has 0 aliphatic heterocycles. The minimum Gasteiger partial charge on any atom is -0.496 e. The van der Waals surface area contributed by atoms with Crippen LogP contribution in [0.5, 0.6) is 5.75 Å². The van der Waals surface area contributed by atoms with Crippen LogP contribution in [0.1, 0.15) is 23.6 Å². The van der Waals surface area contributed by atoms with E-state index in [1.54, 1.807) is 25.6 Å². The minimum absolute atomic E-state index is 0.0168. The Hall–Kier alpha value is -1.62. The van der Waals surface area contributed by atoms with Crippen molar-refractivity contribution in [2.24, 2.45) is 5.84 Å². The van der Waals surface area contributed by atoms with Crippen molar-refractivity contribution in [1.29, 1.82) is 0 Å². The molecule has 0 bridgehead atoms. The van der Waals surface area contributed by atoms with Crippen LogP contribution < -0.4 is 16.0 Å². The highest BCUT2D eigenvalue weighted by molar-refractivity contribution is 6.30. The maximum Gasteiger partial charge on any atom is 0.123 e. The number of nitrogens with two attached hydrogens (primary N) is 1. The number of aromatic nitrogens is 1. The van der Waals surface area contributed by atoms with Gasteiger partial charge in [0.25, 0.3) is 0 Å². The van der Waals surface area contributed by atoms with Crippen LogP contribution in [0.2, 0.25) is 5.02 Å². The maximum absolute atomic E-state index is 6.06. The lowest BCUT2D eigenvalue weighted by Gasteiger charge is -2.19. The Labute approximate surface area is 123 Å². The number of rotatable bonds is 6. The summed E-state index contributed by atoms with van der Waals surface area (Å²) < 4.78 is 5.37. The minimum atomic E-state index is -0.0168. The number of benzene rings is 1. The van der Waals surface area contributed by atoms with E-state index in [2.05, 4.69) is 10.4 Å². The van der Waals surface area contributed by atoms with E-state index < -0.39 is 0 Å². The van der Waals surface area contributed by atoms with Gasteiger partial charge in [-0.05, 0) is 48.7 Å². The largest absolute Gasteiger partial charge is 0.496 e. The third-order valence-electron chi connectivity index (χ3n) is 3.24. The molecular formula is C15H18ClN3O. The molecule has 20 heavy (non-hydrogen) atoms. The zero-order valence-corrected chi connectivity index (χ0v) is 12.1. The number of nitrogens with zero attached hydrogens (tertiary/aromatic N) is 1. The van der Waals surface area contributed by atoms with Gasteiger partial charge in [0, 0.05) is 29.0 Å². The molecule has 2 aromatic rings. The van der Waals surface area contributed by atoms with Crippen molar-refractivity contribution < 1.29 is 4.74 Å². The fourth-order valence-electron chi connectivity index (χ4n) is 2.17. The Morgan fingerprint density at radius 2 is 2.05 bits per heavy atom. The molecule has 0 saturated carbocycles. The zero-order chi connectivity index (χ0) is 14.4. The summed E-state index contributed by atoms with van der Waals surface area (Å²) in [6, 6.07) is 9.54. The Balaban J connectivity index is 2.14. The number of methoxy groups -OCH3 is 1.